The van der Waals surface area contributed by atoms with E-state index in [0.717, 1.165) is 0 Å². The Morgan fingerprint density at radius 2 is 1.88 bits per heavy atom. The van der Waals surface area contributed by atoms with Gasteiger partial charge in [-0.1, -0.05) is 18.2 Å². The van der Waals surface area contributed by atoms with Crippen LogP contribution in [0.5, 0.6) is 0 Å². The molecule has 1 aromatic carbocycles. The maximum Gasteiger partial charge on any atom is 0.339 e. The number of aromatic nitrogens is 3. The molecule has 2 aromatic heterocycles. The largest absolute Gasteiger partial charge is 0.465 e. The lowest BCUT2D eigenvalue weighted by Gasteiger charge is -2.07. The van der Waals surface area contributed by atoms with E-state index in [9.17, 15) is 19.2 Å². The Bertz CT molecular complexity index is 1120. The number of H-pyrrole nitrogens is 2. The molecule has 0 fully saturated rings. The van der Waals surface area contributed by atoms with E-state index in [1.165, 1.54) is 19.4 Å². The van der Waals surface area contributed by atoms with E-state index in [-0.39, 0.29) is 23.2 Å². The second kappa shape index (κ2) is 7.01. The molecular weight excluding hydrogens is 340 g/mol. The van der Waals surface area contributed by atoms with Crippen LogP contribution < -0.4 is 16.4 Å². The normalized spacial score (nSPS) is 10.5. The first kappa shape index (κ1) is 17.1. The number of carbonyl (C=O) groups excluding carboxylic acids is 2. The highest BCUT2D eigenvalue weighted by Crippen LogP contribution is 2.13. The molecule has 132 valence electrons. The lowest BCUT2D eigenvalue weighted by atomic mass is 10.1. The van der Waals surface area contributed by atoms with Gasteiger partial charge in [-0.2, -0.15) is 5.10 Å². The highest BCUT2D eigenvalue weighted by Gasteiger charge is 2.14. The fourth-order valence-electron chi connectivity index (χ4n) is 2.47. The number of ether oxygens (including phenoxy) is 1. The summed E-state index contributed by atoms with van der Waals surface area (Å²) in [6, 6.07) is 7.97. The molecular formula is C17H14N4O5. The standard InChI is InChI=1S/C17H14N4O5/c1-26-17(25)9-6-13(16(24)18-8-9)19-14(22)7-12-10-4-2-3-5-11(10)15(23)21-20-12/h2-6,8H,7H2,1H3,(H,18,24)(H,19,22)(H,21,23). The fraction of sp³-hybridized carbons (Fsp3) is 0.118. The molecule has 0 aliphatic carbocycles. The summed E-state index contributed by atoms with van der Waals surface area (Å²) < 4.78 is 4.57. The Morgan fingerprint density at radius 3 is 2.62 bits per heavy atom. The molecule has 0 atom stereocenters. The van der Waals surface area contributed by atoms with Gasteiger partial charge >= 0.3 is 5.97 Å². The van der Waals surface area contributed by atoms with Gasteiger partial charge in [0.05, 0.1) is 30.2 Å². The zero-order valence-corrected chi connectivity index (χ0v) is 13.7. The molecule has 9 nitrogen and oxygen atoms in total. The van der Waals surface area contributed by atoms with Crippen LogP contribution in [-0.2, 0) is 16.0 Å². The van der Waals surface area contributed by atoms with Gasteiger partial charge in [-0.15, -0.1) is 0 Å². The van der Waals surface area contributed by atoms with Gasteiger partial charge in [0.15, 0.2) is 0 Å². The Hall–Kier alpha value is -3.75. The number of aromatic amines is 2. The van der Waals surface area contributed by atoms with Gasteiger partial charge in [-0.05, 0) is 12.1 Å². The fourth-order valence-corrected chi connectivity index (χ4v) is 2.47. The Kier molecular flexibility index (Phi) is 4.61. The number of amides is 1. The molecule has 0 aliphatic heterocycles. The number of hydrogen-bond donors (Lipinski definition) is 3. The third-order valence-electron chi connectivity index (χ3n) is 3.70. The van der Waals surface area contributed by atoms with E-state index in [1.807, 2.05) is 0 Å². The van der Waals surface area contributed by atoms with Crippen molar-refractivity contribution in [2.75, 3.05) is 12.4 Å². The Balaban J connectivity index is 1.87. The molecule has 3 aromatic rings. The first-order valence-corrected chi connectivity index (χ1v) is 7.57. The number of nitrogens with one attached hydrogen (secondary N) is 3. The van der Waals surface area contributed by atoms with E-state index < -0.39 is 17.4 Å². The summed E-state index contributed by atoms with van der Waals surface area (Å²) in [5.41, 5.74) is -0.558. The number of pyridine rings is 1. The van der Waals surface area contributed by atoms with Crippen molar-refractivity contribution in [1.82, 2.24) is 15.2 Å². The van der Waals surface area contributed by atoms with Crippen LogP contribution in [0.3, 0.4) is 0 Å². The van der Waals surface area contributed by atoms with E-state index in [1.54, 1.807) is 24.3 Å². The number of anilines is 1. The summed E-state index contributed by atoms with van der Waals surface area (Å²) in [5, 5.41) is 9.64. The van der Waals surface area contributed by atoms with Crippen molar-refractivity contribution in [2.45, 2.75) is 6.42 Å². The van der Waals surface area contributed by atoms with E-state index >= 15 is 0 Å². The van der Waals surface area contributed by atoms with Gasteiger partial charge < -0.3 is 15.0 Å². The lowest BCUT2D eigenvalue weighted by Crippen LogP contribution is -2.23. The van der Waals surface area contributed by atoms with Crippen LogP contribution in [0, 0.1) is 0 Å². The molecule has 26 heavy (non-hydrogen) atoms. The highest BCUT2D eigenvalue weighted by atomic mass is 16.5. The summed E-state index contributed by atoms with van der Waals surface area (Å²) in [4.78, 5) is 49.8. The Labute approximate surface area is 146 Å². The van der Waals surface area contributed by atoms with Crippen LogP contribution in [0.4, 0.5) is 5.69 Å². The number of nitrogens with zero attached hydrogens (tertiary/aromatic N) is 1. The van der Waals surface area contributed by atoms with Gasteiger partial charge in [0.25, 0.3) is 11.1 Å². The quantitative estimate of drug-likeness (QED) is 0.587. The average Bonchev–Trinajstić information content (AvgIpc) is 2.65. The number of hydrogen-bond acceptors (Lipinski definition) is 6. The highest BCUT2D eigenvalue weighted by molar-refractivity contribution is 5.96. The van der Waals surface area contributed by atoms with E-state index in [0.29, 0.717) is 16.5 Å². The number of esters is 1. The SMILES string of the molecule is COC(=O)c1c[nH]c(=O)c(NC(=O)Cc2n[nH]c(=O)c3ccccc23)c1. The summed E-state index contributed by atoms with van der Waals surface area (Å²) >= 11 is 0. The summed E-state index contributed by atoms with van der Waals surface area (Å²) in [5.74, 6) is -1.17. The van der Waals surface area contributed by atoms with Crippen LogP contribution in [0.1, 0.15) is 16.1 Å². The lowest BCUT2D eigenvalue weighted by molar-refractivity contribution is -0.115. The van der Waals surface area contributed by atoms with Crippen molar-refractivity contribution in [1.29, 1.82) is 0 Å². The van der Waals surface area contributed by atoms with E-state index in [4.69, 9.17) is 0 Å². The van der Waals surface area contributed by atoms with Crippen molar-refractivity contribution < 1.29 is 14.3 Å². The van der Waals surface area contributed by atoms with Crippen LogP contribution in [0.25, 0.3) is 10.8 Å². The first-order valence-electron chi connectivity index (χ1n) is 7.57. The van der Waals surface area contributed by atoms with Crippen LogP contribution in [0.15, 0.2) is 46.1 Å². The molecule has 1 amide bonds. The van der Waals surface area contributed by atoms with Crippen LogP contribution in [0.2, 0.25) is 0 Å². The predicted molar refractivity (Wildman–Crippen MR) is 93.1 cm³/mol. The molecule has 0 spiro atoms. The molecule has 9 heteroatoms. The van der Waals surface area contributed by atoms with Crippen molar-refractivity contribution >= 4 is 28.3 Å². The maximum absolute atomic E-state index is 12.3. The van der Waals surface area contributed by atoms with Crippen molar-refractivity contribution in [3.8, 4) is 0 Å². The molecule has 3 rings (SSSR count). The van der Waals surface area contributed by atoms with Gasteiger partial charge in [0, 0.05) is 11.6 Å². The maximum atomic E-state index is 12.3. The second-order valence-corrected chi connectivity index (χ2v) is 5.39. The number of carbonyl (C=O) groups is 2. The molecule has 2 heterocycles. The minimum atomic E-state index is -0.648. The number of benzene rings is 1. The minimum absolute atomic E-state index is 0.0911. The monoisotopic (exact) mass is 354 g/mol. The van der Waals surface area contributed by atoms with Crippen molar-refractivity contribution in [3.05, 3.63) is 68.5 Å². The molecule has 0 saturated carbocycles. The van der Waals surface area contributed by atoms with E-state index in [2.05, 4.69) is 25.2 Å². The zero-order valence-electron chi connectivity index (χ0n) is 13.7. The number of fused-ring (bicyclic) bond motifs is 1. The third-order valence-corrected chi connectivity index (χ3v) is 3.70. The zero-order chi connectivity index (χ0) is 18.7. The molecule has 0 saturated heterocycles. The van der Waals surface area contributed by atoms with Gasteiger partial charge in [0.2, 0.25) is 5.91 Å². The first-order chi connectivity index (χ1) is 12.5. The summed E-state index contributed by atoms with van der Waals surface area (Å²) in [6.45, 7) is 0. The molecule has 3 N–H and O–H groups in total. The van der Waals surface area contributed by atoms with Crippen molar-refractivity contribution in [3.63, 3.8) is 0 Å². The molecule has 0 bridgehead atoms. The van der Waals surface area contributed by atoms with Gasteiger partial charge in [-0.25, -0.2) is 9.89 Å². The smallest absolute Gasteiger partial charge is 0.339 e. The molecule has 0 radical (unpaired) electrons. The third kappa shape index (κ3) is 3.36. The van der Waals surface area contributed by atoms with Crippen LogP contribution >= 0.6 is 0 Å². The van der Waals surface area contributed by atoms with Gasteiger partial charge in [-0.3, -0.25) is 14.4 Å². The molecule has 0 unspecified atom stereocenters. The predicted octanol–water partition coefficient (Wildman–Crippen LogP) is 0.579. The number of rotatable bonds is 4. The average molecular weight is 354 g/mol. The molecule has 0 aliphatic rings. The number of methoxy groups -OCH3 is 1. The van der Waals surface area contributed by atoms with Gasteiger partial charge in [0.1, 0.15) is 5.69 Å². The van der Waals surface area contributed by atoms with Crippen LogP contribution in [-0.4, -0.2) is 34.2 Å². The summed E-state index contributed by atoms with van der Waals surface area (Å²) in [7, 11) is 1.21. The topological polar surface area (TPSA) is 134 Å². The second-order valence-electron chi connectivity index (χ2n) is 5.39. The Morgan fingerprint density at radius 1 is 1.15 bits per heavy atom. The summed E-state index contributed by atoms with van der Waals surface area (Å²) in [6.07, 6.45) is 1.03. The minimum Gasteiger partial charge on any atom is -0.465 e. The van der Waals surface area contributed by atoms with Crippen molar-refractivity contribution in [2.24, 2.45) is 0 Å².